The molecule has 2 atom stereocenters. The summed E-state index contributed by atoms with van der Waals surface area (Å²) in [7, 11) is 1.12. The summed E-state index contributed by atoms with van der Waals surface area (Å²) in [6.07, 6.45) is 58.7. The van der Waals surface area contributed by atoms with Gasteiger partial charge in [-0.05, 0) is 77.0 Å². The van der Waals surface area contributed by atoms with Gasteiger partial charge in [-0.15, -0.1) is 0 Å². The van der Waals surface area contributed by atoms with Gasteiger partial charge in [0, 0.05) is 12.8 Å². The molecule has 0 aromatic heterocycles. The fourth-order valence-corrected chi connectivity index (χ4v) is 6.81. The standard InChI is InChI=1S/C53H90NO8P/c1-6-8-10-12-14-16-18-20-21-22-23-24-25-26-27-28-29-30-31-32-33-34-36-38-40-42-44-46-53(56)62-51(50-61-63(57,58)60-48-47-54(3,4)5)49-59-52(55)45-43-41-39-37-35-19-17-15-13-11-9-7-2/h8,10,14,16,20-21,23-24,26-27,29-30,32-33,36,38,51H,6-7,9,11-13,15,17-19,22,25,28,31,34-35,37,39-50H2,1-5H3/b10-8-,16-14-,21-20-,24-23-,27-26-,30-29-,33-32-,38-36-. The number of quaternary nitrogens is 1. The zero-order valence-corrected chi connectivity index (χ0v) is 41.4. The Balaban J connectivity index is 4.37. The van der Waals surface area contributed by atoms with E-state index in [-0.39, 0.29) is 26.1 Å². The first-order valence-corrected chi connectivity index (χ1v) is 25.9. The van der Waals surface area contributed by atoms with Gasteiger partial charge in [-0.25, -0.2) is 0 Å². The summed E-state index contributed by atoms with van der Waals surface area (Å²) in [4.78, 5) is 37.6. The molecule has 0 aliphatic carbocycles. The van der Waals surface area contributed by atoms with Crippen LogP contribution in [0.2, 0.25) is 0 Å². The molecule has 0 amide bonds. The highest BCUT2D eigenvalue weighted by molar-refractivity contribution is 7.45. The van der Waals surface area contributed by atoms with Gasteiger partial charge in [0.1, 0.15) is 19.8 Å². The topological polar surface area (TPSA) is 111 Å². The number of likely N-dealkylation sites (N-methyl/N-ethyl adjacent to an activating group) is 1. The number of hydrogen-bond donors (Lipinski definition) is 0. The lowest BCUT2D eigenvalue weighted by Gasteiger charge is -2.28. The number of phosphoric acid groups is 1. The van der Waals surface area contributed by atoms with Gasteiger partial charge in [0.05, 0.1) is 27.7 Å². The minimum Gasteiger partial charge on any atom is -0.756 e. The number of esters is 2. The smallest absolute Gasteiger partial charge is 0.306 e. The maximum absolute atomic E-state index is 12.7. The normalized spacial score (nSPS) is 14.3. The molecule has 0 saturated heterocycles. The summed E-state index contributed by atoms with van der Waals surface area (Å²) in [5, 5.41) is 0. The maximum Gasteiger partial charge on any atom is 0.306 e. The second-order valence-electron chi connectivity index (χ2n) is 17.1. The zero-order valence-electron chi connectivity index (χ0n) is 40.5. The monoisotopic (exact) mass is 900 g/mol. The number of unbranched alkanes of at least 4 members (excludes halogenated alkanes) is 13. The summed E-state index contributed by atoms with van der Waals surface area (Å²) in [5.74, 6) is -0.892. The number of phosphoric ester groups is 1. The number of carbonyl (C=O) groups is 2. The minimum absolute atomic E-state index is 0.0438. The first-order chi connectivity index (χ1) is 30.5. The molecule has 360 valence electrons. The Kier molecular flexibility index (Phi) is 42.0. The summed E-state index contributed by atoms with van der Waals surface area (Å²) < 4.78 is 33.9. The molecule has 2 unspecified atom stereocenters. The summed E-state index contributed by atoms with van der Waals surface area (Å²) >= 11 is 0. The van der Waals surface area contributed by atoms with Crippen molar-refractivity contribution in [3.05, 3.63) is 97.2 Å². The number of hydrogen-bond acceptors (Lipinski definition) is 8. The largest absolute Gasteiger partial charge is 0.756 e. The summed E-state index contributed by atoms with van der Waals surface area (Å²) in [6, 6.07) is 0. The first-order valence-electron chi connectivity index (χ1n) is 24.4. The number of nitrogens with zero attached hydrogens (tertiary/aromatic N) is 1. The first kappa shape index (κ1) is 59.9. The van der Waals surface area contributed by atoms with Crippen LogP contribution in [-0.2, 0) is 32.7 Å². The molecule has 0 spiro atoms. The molecule has 0 bridgehead atoms. The van der Waals surface area contributed by atoms with E-state index in [9.17, 15) is 19.0 Å². The van der Waals surface area contributed by atoms with Crippen LogP contribution in [0, 0.1) is 0 Å². The van der Waals surface area contributed by atoms with E-state index in [4.69, 9.17) is 18.5 Å². The third-order valence-corrected chi connectivity index (χ3v) is 10.8. The third-order valence-electron chi connectivity index (χ3n) is 9.87. The van der Waals surface area contributed by atoms with Crippen LogP contribution in [-0.4, -0.2) is 70.0 Å². The van der Waals surface area contributed by atoms with Gasteiger partial charge >= 0.3 is 11.9 Å². The molecular formula is C53H90NO8P. The molecule has 0 fully saturated rings. The average Bonchev–Trinajstić information content (AvgIpc) is 3.24. The van der Waals surface area contributed by atoms with Crippen LogP contribution in [0.5, 0.6) is 0 Å². The Morgan fingerprint density at radius 3 is 1.35 bits per heavy atom. The van der Waals surface area contributed by atoms with E-state index in [0.29, 0.717) is 17.4 Å². The molecule has 0 saturated carbocycles. The lowest BCUT2D eigenvalue weighted by molar-refractivity contribution is -0.870. The van der Waals surface area contributed by atoms with Crippen LogP contribution in [0.15, 0.2) is 97.2 Å². The predicted octanol–water partition coefficient (Wildman–Crippen LogP) is 13.9. The Morgan fingerprint density at radius 1 is 0.508 bits per heavy atom. The lowest BCUT2D eigenvalue weighted by atomic mass is 10.0. The van der Waals surface area contributed by atoms with Gasteiger partial charge in [0.25, 0.3) is 7.82 Å². The molecule has 0 radical (unpaired) electrons. The molecule has 9 nitrogen and oxygen atoms in total. The van der Waals surface area contributed by atoms with Crippen molar-refractivity contribution in [2.24, 2.45) is 0 Å². The molecule has 0 heterocycles. The Morgan fingerprint density at radius 2 is 0.905 bits per heavy atom. The van der Waals surface area contributed by atoms with E-state index >= 15 is 0 Å². The van der Waals surface area contributed by atoms with E-state index < -0.39 is 32.5 Å². The van der Waals surface area contributed by atoms with Crippen LogP contribution >= 0.6 is 7.82 Å². The van der Waals surface area contributed by atoms with Gasteiger partial charge in [-0.3, -0.25) is 14.2 Å². The minimum atomic E-state index is -4.64. The third kappa shape index (κ3) is 48.2. The van der Waals surface area contributed by atoms with Crippen molar-refractivity contribution in [3.63, 3.8) is 0 Å². The van der Waals surface area contributed by atoms with Crippen molar-refractivity contribution in [2.45, 2.75) is 180 Å². The van der Waals surface area contributed by atoms with E-state index in [2.05, 4.69) is 111 Å². The highest BCUT2D eigenvalue weighted by Gasteiger charge is 2.21. The highest BCUT2D eigenvalue weighted by atomic mass is 31.2. The van der Waals surface area contributed by atoms with E-state index in [1.807, 2.05) is 21.1 Å². The van der Waals surface area contributed by atoms with Crippen LogP contribution in [0.25, 0.3) is 0 Å². The van der Waals surface area contributed by atoms with Crippen LogP contribution < -0.4 is 4.89 Å². The second kappa shape index (κ2) is 44.1. The highest BCUT2D eigenvalue weighted by Crippen LogP contribution is 2.38. The molecule has 63 heavy (non-hydrogen) atoms. The average molecular weight is 900 g/mol. The molecular weight excluding hydrogens is 810 g/mol. The molecule has 0 aliphatic rings. The van der Waals surface area contributed by atoms with Crippen LogP contribution in [0.1, 0.15) is 174 Å². The van der Waals surface area contributed by atoms with Crippen molar-refractivity contribution in [2.75, 3.05) is 47.5 Å². The lowest BCUT2D eigenvalue weighted by Crippen LogP contribution is -2.37. The van der Waals surface area contributed by atoms with Crippen molar-refractivity contribution < 1.29 is 42.1 Å². The van der Waals surface area contributed by atoms with E-state index in [0.717, 1.165) is 83.5 Å². The molecule has 10 heteroatoms. The van der Waals surface area contributed by atoms with Crippen molar-refractivity contribution in [1.29, 1.82) is 0 Å². The van der Waals surface area contributed by atoms with Crippen LogP contribution in [0.3, 0.4) is 0 Å². The van der Waals surface area contributed by atoms with Crippen molar-refractivity contribution >= 4 is 19.8 Å². The molecule has 0 aromatic carbocycles. The molecule has 0 N–H and O–H groups in total. The van der Waals surface area contributed by atoms with Gasteiger partial charge in [0.2, 0.25) is 0 Å². The van der Waals surface area contributed by atoms with Gasteiger partial charge < -0.3 is 27.9 Å². The van der Waals surface area contributed by atoms with Crippen LogP contribution in [0.4, 0.5) is 0 Å². The summed E-state index contributed by atoms with van der Waals surface area (Å²) in [5.41, 5.74) is 0. The number of allylic oxidation sites excluding steroid dienone is 16. The fraction of sp³-hybridized carbons (Fsp3) is 0.660. The molecule has 0 aromatic rings. The molecule has 0 rings (SSSR count). The Labute approximate surface area is 385 Å². The summed E-state index contributed by atoms with van der Waals surface area (Å²) in [6.45, 7) is 4.04. The van der Waals surface area contributed by atoms with Crippen molar-refractivity contribution in [1.82, 2.24) is 0 Å². The molecule has 0 aliphatic heterocycles. The van der Waals surface area contributed by atoms with E-state index in [1.54, 1.807) is 0 Å². The Bertz CT molecular complexity index is 1390. The predicted molar refractivity (Wildman–Crippen MR) is 263 cm³/mol. The SMILES string of the molecule is CC/C=C\C/C=C\C/C=C\C/C=C\C/C=C\C/C=C\C/C=C\C/C=C\CCCCC(=O)OC(COC(=O)CCCCCCCCCCCCCC)COP(=O)([O-])OCC[N+](C)(C)C. The maximum atomic E-state index is 12.7. The number of rotatable bonds is 43. The van der Waals surface area contributed by atoms with Gasteiger partial charge in [0.15, 0.2) is 6.10 Å². The number of ether oxygens (including phenoxy) is 2. The van der Waals surface area contributed by atoms with Gasteiger partial charge in [-0.2, -0.15) is 0 Å². The van der Waals surface area contributed by atoms with Gasteiger partial charge in [-0.1, -0.05) is 182 Å². The van der Waals surface area contributed by atoms with Crippen molar-refractivity contribution in [3.8, 4) is 0 Å². The fourth-order valence-electron chi connectivity index (χ4n) is 6.08. The Hall–Kier alpha value is -3.07. The van der Waals surface area contributed by atoms with E-state index in [1.165, 1.54) is 57.8 Å². The second-order valence-corrected chi connectivity index (χ2v) is 18.5. The number of carbonyl (C=O) groups excluding carboxylic acids is 2. The quantitative estimate of drug-likeness (QED) is 0.0196. The zero-order chi connectivity index (χ0) is 46.4.